The van der Waals surface area contributed by atoms with Crippen molar-refractivity contribution in [3.05, 3.63) is 71.8 Å². The van der Waals surface area contributed by atoms with Crippen molar-refractivity contribution in [1.82, 2.24) is 23.9 Å². The number of piperidine rings is 3. The highest BCUT2D eigenvalue weighted by Crippen LogP contribution is 2.42. The molecule has 10 rings (SSSR count). The van der Waals surface area contributed by atoms with E-state index in [1.807, 2.05) is 53.2 Å². The first-order chi connectivity index (χ1) is 25.8. The van der Waals surface area contributed by atoms with Gasteiger partial charge < -0.3 is 39.5 Å². The Hall–Kier alpha value is -5.03. The van der Waals surface area contributed by atoms with Gasteiger partial charge in [-0.05, 0) is 98.6 Å². The molecule has 3 N–H and O–H groups in total. The lowest BCUT2D eigenvalue weighted by Crippen LogP contribution is -2.58. The van der Waals surface area contributed by atoms with Crippen LogP contribution in [0.2, 0.25) is 0 Å². The van der Waals surface area contributed by atoms with Gasteiger partial charge in [-0.25, -0.2) is 9.78 Å². The molecule has 5 aromatic rings. The minimum atomic E-state index is -0.0972. The number of amides is 3. The Balaban J connectivity index is 1.03. The third-order valence-corrected chi connectivity index (χ3v) is 12.4. The van der Waals surface area contributed by atoms with Gasteiger partial charge in [-0.3, -0.25) is 4.79 Å². The Morgan fingerprint density at radius 3 is 2.42 bits per heavy atom. The maximum atomic E-state index is 14.0. The second-order valence-corrected chi connectivity index (χ2v) is 15.6. The maximum absolute atomic E-state index is 14.0. The summed E-state index contributed by atoms with van der Waals surface area (Å²) in [5.41, 5.74) is 13.0. The highest BCUT2D eigenvalue weighted by atomic mass is 16.5. The molecule has 2 aliphatic carbocycles. The number of benzene rings is 3. The van der Waals surface area contributed by atoms with E-state index in [1.165, 1.54) is 29.3 Å². The standard InChI is InChI=1S/C42H49N7O4/c1-46-39-34(19-29(21-37(39)53-3)41(50)48-24-28-13-14-30(48)22-32(28)43)44-40(46)35-20-27-7-6-8-31(38(27)49(35)23-25-11-12-25)26-15-17-47(18-16-26)42(51)45-33-9-4-5-10-36(33)52-2/h4-10,19-21,25-26,28,30,32H,11-18,22-24,43H2,1-3H3,(H,45,51)/t28-,30-,32+/m1/s1. The lowest BCUT2D eigenvalue weighted by atomic mass is 9.76. The number of rotatable bonds is 8. The van der Waals surface area contributed by atoms with Crippen molar-refractivity contribution >= 4 is 39.6 Å². The molecule has 2 bridgehead atoms. The zero-order valence-electron chi connectivity index (χ0n) is 30.9. The van der Waals surface area contributed by atoms with Gasteiger partial charge in [-0.1, -0.05) is 30.3 Å². The SMILES string of the molecule is COc1ccccc1NC(=O)N1CCC(c2cccc3cc(-c4nc5cc(C(=O)N6C[C@H]7CC[C@@H]6C[C@@H]7N)cc(OC)c5n4C)n(CC4CC4)c23)CC1. The topological polar surface area (TPSA) is 120 Å². The van der Waals surface area contributed by atoms with E-state index < -0.39 is 0 Å². The van der Waals surface area contributed by atoms with Crippen LogP contribution >= 0.6 is 0 Å². The number of methoxy groups -OCH3 is 2. The van der Waals surface area contributed by atoms with Crippen LogP contribution in [-0.2, 0) is 13.6 Å². The van der Waals surface area contributed by atoms with Crippen molar-refractivity contribution in [3.63, 3.8) is 0 Å². The molecule has 0 spiro atoms. The number of nitrogens with two attached hydrogens (primary N) is 1. The number of fused-ring (bicyclic) bond motifs is 5. The van der Waals surface area contributed by atoms with E-state index in [9.17, 15) is 9.59 Å². The summed E-state index contributed by atoms with van der Waals surface area (Å²) in [5.74, 6) is 3.52. The summed E-state index contributed by atoms with van der Waals surface area (Å²) in [4.78, 5) is 36.5. The Morgan fingerprint density at radius 2 is 1.70 bits per heavy atom. The fourth-order valence-electron chi connectivity index (χ4n) is 9.34. The summed E-state index contributed by atoms with van der Waals surface area (Å²) in [7, 11) is 5.33. The number of aromatic nitrogens is 3. The number of likely N-dealkylation sites (tertiary alicyclic amines) is 1. The molecule has 5 fully saturated rings. The van der Waals surface area contributed by atoms with Gasteiger partial charge in [-0.2, -0.15) is 0 Å². The Kier molecular flexibility index (Phi) is 8.56. The highest BCUT2D eigenvalue weighted by Gasteiger charge is 2.41. The van der Waals surface area contributed by atoms with Gasteiger partial charge in [-0.15, -0.1) is 0 Å². The molecular weight excluding hydrogens is 667 g/mol. The molecule has 0 radical (unpaired) electrons. The van der Waals surface area contributed by atoms with E-state index in [0.29, 0.717) is 53.6 Å². The Bertz CT molecular complexity index is 2210. The molecule has 5 aliphatic rings. The molecule has 3 saturated heterocycles. The summed E-state index contributed by atoms with van der Waals surface area (Å²) in [5, 5.41) is 4.24. The largest absolute Gasteiger partial charge is 0.495 e. The van der Waals surface area contributed by atoms with E-state index in [4.69, 9.17) is 20.2 Å². The van der Waals surface area contributed by atoms with E-state index in [-0.39, 0.29) is 24.0 Å². The van der Waals surface area contributed by atoms with Crippen molar-refractivity contribution in [2.24, 2.45) is 24.6 Å². The van der Waals surface area contributed by atoms with Gasteiger partial charge in [0.25, 0.3) is 5.91 Å². The predicted octanol–water partition coefficient (Wildman–Crippen LogP) is 6.99. The number of carbonyl (C=O) groups excluding carboxylic acids is 2. The van der Waals surface area contributed by atoms with Crippen molar-refractivity contribution < 1.29 is 19.1 Å². The van der Waals surface area contributed by atoms with Crippen LogP contribution < -0.4 is 20.5 Å². The average molecular weight is 716 g/mol. The molecule has 5 heterocycles. The van der Waals surface area contributed by atoms with Crippen LogP contribution in [0.5, 0.6) is 11.5 Å². The van der Waals surface area contributed by atoms with Crippen LogP contribution in [0.4, 0.5) is 10.5 Å². The third-order valence-electron chi connectivity index (χ3n) is 12.4. The van der Waals surface area contributed by atoms with Gasteiger partial charge in [0.05, 0.1) is 36.6 Å². The maximum Gasteiger partial charge on any atom is 0.321 e. The van der Waals surface area contributed by atoms with Crippen molar-refractivity contribution in [1.29, 1.82) is 0 Å². The third kappa shape index (κ3) is 5.99. The summed E-state index contributed by atoms with van der Waals surface area (Å²) in [6.07, 6.45) is 7.20. The summed E-state index contributed by atoms with van der Waals surface area (Å²) < 4.78 is 16.0. The summed E-state index contributed by atoms with van der Waals surface area (Å²) >= 11 is 0. The molecule has 11 heteroatoms. The van der Waals surface area contributed by atoms with Crippen molar-refractivity contribution in [2.45, 2.75) is 69.5 Å². The van der Waals surface area contributed by atoms with E-state index in [2.05, 4.69) is 38.7 Å². The lowest BCUT2D eigenvalue weighted by molar-refractivity contribution is 0.0261. The van der Waals surface area contributed by atoms with Gasteiger partial charge in [0.2, 0.25) is 0 Å². The molecule has 2 aromatic heterocycles. The normalized spacial score (nSPS) is 21.8. The van der Waals surface area contributed by atoms with E-state index in [1.54, 1.807) is 14.2 Å². The number of imidazole rings is 1. The van der Waals surface area contributed by atoms with E-state index >= 15 is 0 Å². The molecule has 3 aliphatic heterocycles. The minimum Gasteiger partial charge on any atom is -0.495 e. The number of hydrogen-bond acceptors (Lipinski definition) is 6. The molecule has 0 unspecified atom stereocenters. The number of carbonyl (C=O) groups is 2. The first-order valence-corrected chi connectivity index (χ1v) is 19.2. The first kappa shape index (κ1) is 33.8. The number of hydrogen-bond donors (Lipinski definition) is 2. The highest BCUT2D eigenvalue weighted by molar-refractivity contribution is 6.00. The second kappa shape index (κ2) is 13.4. The number of anilines is 1. The number of aryl methyl sites for hydroxylation is 1. The average Bonchev–Trinajstić information content (AvgIpc) is 3.85. The van der Waals surface area contributed by atoms with Gasteiger partial charge >= 0.3 is 6.03 Å². The Morgan fingerprint density at radius 1 is 0.906 bits per heavy atom. The van der Waals surface area contributed by atoms with Crippen LogP contribution in [0.25, 0.3) is 33.5 Å². The van der Waals surface area contributed by atoms with Gasteiger partial charge in [0.15, 0.2) is 5.82 Å². The van der Waals surface area contributed by atoms with Crippen molar-refractivity contribution in [3.8, 4) is 23.0 Å². The first-order valence-electron chi connectivity index (χ1n) is 19.2. The zero-order valence-corrected chi connectivity index (χ0v) is 30.9. The minimum absolute atomic E-state index is 0.0369. The Labute approximate surface area is 310 Å². The number of nitrogens with one attached hydrogen (secondary N) is 1. The summed E-state index contributed by atoms with van der Waals surface area (Å²) in [6.45, 7) is 3.00. The smallest absolute Gasteiger partial charge is 0.321 e. The molecule has 2 saturated carbocycles. The van der Waals surface area contributed by atoms with Gasteiger partial charge in [0, 0.05) is 56.3 Å². The van der Waals surface area contributed by atoms with Crippen LogP contribution in [0.15, 0.2) is 60.7 Å². The van der Waals surface area contributed by atoms with Crippen LogP contribution in [0.3, 0.4) is 0 Å². The summed E-state index contributed by atoms with van der Waals surface area (Å²) in [6, 6.07) is 20.6. The van der Waals surface area contributed by atoms with Crippen molar-refractivity contribution in [2.75, 3.05) is 39.2 Å². The van der Waals surface area contributed by atoms with E-state index in [0.717, 1.165) is 67.7 Å². The van der Waals surface area contributed by atoms with Crippen LogP contribution in [0, 0.1) is 11.8 Å². The molecular formula is C42H49N7O4. The molecule has 3 atom stereocenters. The molecule has 53 heavy (non-hydrogen) atoms. The van der Waals surface area contributed by atoms with Crippen LogP contribution in [0.1, 0.15) is 66.8 Å². The van der Waals surface area contributed by atoms with Crippen LogP contribution in [-0.4, -0.2) is 81.8 Å². The number of nitrogens with zero attached hydrogens (tertiary/aromatic N) is 5. The predicted molar refractivity (Wildman–Crippen MR) is 207 cm³/mol. The molecule has 3 amide bonds. The monoisotopic (exact) mass is 715 g/mol. The number of urea groups is 1. The molecule has 11 nitrogen and oxygen atoms in total. The second-order valence-electron chi connectivity index (χ2n) is 15.6. The zero-order chi connectivity index (χ0) is 36.4. The number of ether oxygens (including phenoxy) is 2. The molecule has 3 aromatic carbocycles. The fraction of sp³-hybridized carbons (Fsp3) is 0.452. The fourth-order valence-corrected chi connectivity index (χ4v) is 9.34. The quantitative estimate of drug-likeness (QED) is 0.179. The lowest BCUT2D eigenvalue weighted by Gasteiger charge is -2.48. The molecule has 276 valence electrons. The van der Waals surface area contributed by atoms with Gasteiger partial charge in [0.1, 0.15) is 17.0 Å². The number of para-hydroxylation sites is 3.